The van der Waals surface area contributed by atoms with Crippen LogP contribution in [0.25, 0.3) is 11.3 Å². The molecule has 1 saturated heterocycles. The number of amides is 2. The highest BCUT2D eigenvalue weighted by molar-refractivity contribution is 5.96. The van der Waals surface area contributed by atoms with Gasteiger partial charge >= 0.3 is 0 Å². The Morgan fingerprint density at radius 3 is 2.79 bits per heavy atom. The molecule has 9 heteroatoms. The zero-order valence-corrected chi connectivity index (χ0v) is 16.7. The predicted molar refractivity (Wildman–Crippen MR) is 104 cm³/mol. The van der Waals surface area contributed by atoms with Crippen LogP contribution in [0.1, 0.15) is 30.3 Å². The van der Waals surface area contributed by atoms with Gasteiger partial charge in [0.05, 0.1) is 25.9 Å². The molecule has 0 saturated carbocycles. The van der Waals surface area contributed by atoms with Gasteiger partial charge in [-0.1, -0.05) is 5.16 Å². The van der Waals surface area contributed by atoms with Crippen LogP contribution < -0.4 is 20.1 Å². The first-order valence-corrected chi connectivity index (χ1v) is 9.41. The predicted octanol–water partition coefficient (Wildman–Crippen LogP) is 1.77. The standard InChI is InChI=1S/C20H25N3O6/c1-12(19(24)21-11-14-5-4-8-28-14)22-20(25)16-10-18(29-23-16)15-9-13(26-2)6-7-17(15)27-3/h6-7,9-10,12,14H,4-5,8,11H2,1-3H3,(H,21,24)(H,22,25)/t12-,14+/m1/s1. The molecule has 29 heavy (non-hydrogen) atoms. The Kier molecular flexibility index (Phi) is 6.71. The molecule has 0 spiro atoms. The van der Waals surface area contributed by atoms with Gasteiger partial charge in [0.1, 0.15) is 17.5 Å². The van der Waals surface area contributed by atoms with Crippen molar-refractivity contribution in [3.63, 3.8) is 0 Å². The Labute approximate surface area is 168 Å². The number of nitrogens with zero attached hydrogens (tertiary/aromatic N) is 1. The van der Waals surface area contributed by atoms with E-state index in [9.17, 15) is 9.59 Å². The number of benzene rings is 1. The Morgan fingerprint density at radius 1 is 1.28 bits per heavy atom. The third-order valence-corrected chi connectivity index (χ3v) is 4.68. The number of carbonyl (C=O) groups excluding carboxylic acids is 2. The largest absolute Gasteiger partial charge is 0.497 e. The van der Waals surface area contributed by atoms with Crippen LogP contribution >= 0.6 is 0 Å². The number of methoxy groups -OCH3 is 2. The van der Waals surface area contributed by atoms with Gasteiger partial charge in [-0.3, -0.25) is 9.59 Å². The maximum atomic E-state index is 12.4. The van der Waals surface area contributed by atoms with E-state index >= 15 is 0 Å². The van der Waals surface area contributed by atoms with Crippen molar-refractivity contribution < 1.29 is 28.3 Å². The van der Waals surface area contributed by atoms with E-state index in [1.54, 1.807) is 32.2 Å². The summed E-state index contributed by atoms with van der Waals surface area (Å²) < 4.78 is 21.3. The highest BCUT2D eigenvalue weighted by atomic mass is 16.5. The third-order valence-electron chi connectivity index (χ3n) is 4.68. The zero-order valence-electron chi connectivity index (χ0n) is 16.7. The lowest BCUT2D eigenvalue weighted by Gasteiger charge is -2.15. The van der Waals surface area contributed by atoms with Crippen molar-refractivity contribution in [2.75, 3.05) is 27.4 Å². The molecule has 1 aliphatic rings. The lowest BCUT2D eigenvalue weighted by molar-refractivity contribution is -0.123. The molecule has 3 rings (SSSR count). The van der Waals surface area contributed by atoms with Crippen molar-refractivity contribution in [1.82, 2.24) is 15.8 Å². The highest BCUT2D eigenvalue weighted by Crippen LogP contribution is 2.33. The number of hydrogen-bond acceptors (Lipinski definition) is 7. The summed E-state index contributed by atoms with van der Waals surface area (Å²) >= 11 is 0. The van der Waals surface area contributed by atoms with Gasteiger partial charge in [0.25, 0.3) is 5.91 Å². The first-order chi connectivity index (χ1) is 14.0. The summed E-state index contributed by atoms with van der Waals surface area (Å²) in [6.07, 6.45) is 1.97. The molecule has 0 aliphatic carbocycles. The molecule has 2 atom stereocenters. The van der Waals surface area contributed by atoms with Crippen LogP contribution in [0.2, 0.25) is 0 Å². The maximum absolute atomic E-state index is 12.4. The molecule has 1 aromatic carbocycles. The highest BCUT2D eigenvalue weighted by Gasteiger charge is 2.22. The summed E-state index contributed by atoms with van der Waals surface area (Å²) in [5.74, 6) is 0.713. The van der Waals surface area contributed by atoms with E-state index in [0.29, 0.717) is 29.4 Å². The zero-order chi connectivity index (χ0) is 20.8. The second-order valence-corrected chi connectivity index (χ2v) is 6.72. The molecule has 156 valence electrons. The third kappa shape index (κ3) is 5.05. The number of ether oxygens (including phenoxy) is 3. The molecule has 2 N–H and O–H groups in total. The van der Waals surface area contributed by atoms with E-state index in [4.69, 9.17) is 18.7 Å². The Balaban J connectivity index is 1.62. The van der Waals surface area contributed by atoms with Crippen LogP contribution in [0.3, 0.4) is 0 Å². The van der Waals surface area contributed by atoms with E-state index in [-0.39, 0.29) is 17.7 Å². The van der Waals surface area contributed by atoms with Gasteiger partial charge in [0.2, 0.25) is 5.91 Å². The molecule has 1 aliphatic heterocycles. The number of carbonyl (C=O) groups is 2. The molecule has 0 bridgehead atoms. The Hall–Kier alpha value is -3.07. The minimum Gasteiger partial charge on any atom is -0.497 e. The van der Waals surface area contributed by atoms with Crippen molar-refractivity contribution in [3.05, 3.63) is 30.0 Å². The molecule has 1 fully saturated rings. The van der Waals surface area contributed by atoms with E-state index in [1.165, 1.54) is 13.2 Å². The van der Waals surface area contributed by atoms with E-state index in [0.717, 1.165) is 19.4 Å². The minimum atomic E-state index is -0.726. The second-order valence-electron chi connectivity index (χ2n) is 6.72. The first kappa shape index (κ1) is 20.7. The summed E-state index contributed by atoms with van der Waals surface area (Å²) in [4.78, 5) is 24.6. The molecular formula is C20H25N3O6. The van der Waals surface area contributed by atoms with Crippen LogP contribution in [0.4, 0.5) is 0 Å². The van der Waals surface area contributed by atoms with Gasteiger partial charge in [-0.25, -0.2) is 0 Å². The molecule has 0 unspecified atom stereocenters. The van der Waals surface area contributed by atoms with E-state index < -0.39 is 11.9 Å². The van der Waals surface area contributed by atoms with Crippen molar-refractivity contribution in [2.45, 2.75) is 31.9 Å². The molecule has 9 nitrogen and oxygen atoms in total. The minimum absolute atomic E-state index is 0.0396. The van der Waals surface area contributed by atoms with Crippen molar-refractivity contribution in [1.29, 1.82) is 0 Å². The van der Waals surface area contributed by atoms with Crippen LogP contribution in [-0.4, -0.2) is 56.5 Å². The average Bonchev–Trinajstić information content (AvgIpc) is 3.43. The Morgan fingerprint density at radius 2 is 2.10 bits per heavy atom. The van der Waals surface area contributed by atoms with Gasteiger partial charge in [-0.15, -0.1) is 0 Å². The van der Waals surface area contributed by atoms with Gasteiger partial charge in [0, 0.05) is 19.2 Å². The van der Waals surface area contributed by atoms with Crippen molar-refractivity contribution in [2.24, 2.45) is 0 Å². The number of nitrogens with one attached hydrogen (secondary N) is 2. The lowest BCUT2D eigenvalue weighted by atomic mass is 10.1. The van der Waals surface area contributed by atoms with Crippen LogP contribution in [0.5, 0.6) is 11.5 Å². The van der Waals surface area contributed by atoms with Crippen LogP contribution in [0, 0.1) is 0 Å². The summed E-state index contributed by atoms with van der Waals surface area (Å²) in [5, 5.41) is 9.21. The van der Waals surface area contributed by atoms with Gasteiger partial charge in [-0.2, -0.15) is 0 Å². The average molecular weight is 403 g/mol. The monoisotopic (exact) mass is 403 g/mol. The summed E-state index contributed by atoms with van der Waals surface area (Å²) in [5.41, 5.74) is 0.657. The molecule has 0 radical (unpaired) electrons. The maximum Gasteiger partial charge on any atom is 0.274 e. The van der Waals surface area contributed by atoms with Gasteiger partial charge in [0.15, 0.2) is 11.5 Å². The van der Waals surface area contributed by atoms with Crippen LogP contribution in [-0.2, 0) is 9.53 Å². The molecular weight excluding hydrogens is 378 g/mol. The fourth-order valence-corrected chi connectivity index (χ4v) is 3.02. The summed E-state index contributed by atoms with van der Waals surface area (Å²) in [7, 11) is 3.09. The SMILES string of the molecule is COc1ccc(OC)c(-c2cc(C(=O)N[C@H](C)C(=O)NC[C@@H]3CCCO3)no2)c1. The molecule has 2 heterocycles. The van der Waals surface area contributed by atoms with Gasteiger partial charge in [-0.05, 0) is 38.0 Å². The number of rotatable bonds is 8. The number of aromatic nitrogens is 1. The van der Waals surface area contributed by atoms with Gasteiger partial charge < -0.3 is 29.4 Å². The second kappa shape index (κ2) is 9.42. The van der Waals surface area contributed by atoms with E-state index in [1.807, 2.05) is 0 Å². The quantitative estimate of drug-likeness (QED) is 0.691. The number of hydrogen-bond donors (Lipinski definition) is 2. The molecule has 2 amide bonds. The summed E-state index contributed by atoms with van der Waals surface area (Å²) in [6.45, 7) is 2.76. The fourth-order valence-electron chi connectivity index (χ4n) is 3.02. The first-order valence-electron chi connectivity index (χ1n) is 9.41. The normalized spacial score (nSPS) is 16.9. The van der Waals surface area contributed by atoms with Crippen LogP contribution in [0.15, 0.2) is 28.8 Å². The summed E-state index contributed by atoms with van der Waals surface area (Å²) in [6, 6.07) is 5.97. The fraction of sp³-hybridized carbons (Fsp3) is 0.450. The van der Waals surface area contributed by atoms with Crippen molar-refractivity contribution >= 4 is 11.8 Å². The topological polar surface area (TPSA) is 112 Å². The van der Waals surface area contributed by atoms with E-state index in [2.05, 4.69) is 15.8 Å². The lowest BCUT2D eigenvalue weighted by Crippen LogP contribution is -2.46. The Bertz CT molecular complexity index is 860. The van der Waals surface area contributed by atoms with Crippen molar-refractivity contribution in [3.8, 4) is 22.8 Å². The molecule has 1 aromatic heterocycles. The smallest absolute Gasteiger partial charge is 0.274 e. The molecule has 2 aromatic rings.